The summed E-state index contributed by atoms with van der Waals surface area (Å²) in [6.07, 6.45) is 9.15. The molecule has 2 heteroatoms. The number of halogens is 1. The van der Waals surface area contributed by atoms with Crippen molar-refractivity contribution in [2.24, 2.45) is 17.3 Å². The largest absolute Gasteiger partial charge is 0.494 e. The highest BCUT2D eigenvalue weighted by Crippen LogP contribution is 2.61. The molecule has 0 N–H and O–H groups in total. The Morgan fingerprint density at radius 1 is 1.19 bits per heavy atom. The zero-order valence-electron chi connectivity index (χ0n) is 13.1. The van der Waals surface area contributed by atoms with Crippen molar-refractivity contribution in [3.05, 3.63) is 29.1 Å². The van der Waals surface area contributed by atoms with E-state index in [9.17, 15) is 4.39 Å². The van der Waals surface area contributed by atoms with Crippen LogP contribution in [0.2, 0.25) is 0 Å². The maximum atomic E-state index is 14.0. The molecule has 3 unspecified atom stereocenters. The standard InChI is InChI=1S/C19H25FO/c1-19-8-3-4-16(19)14-6-5-12-10-17(20)18(21-2)11-15(12)13(14)7-9-19/h10-11,13-14,16H,3-9H2,1-2H3/t13?,14?,16?,19-/m0/s1. The van der Waals surface area contributed by atoms with Crippen molar-refractivity contribution in [1.29, 1.82) is 0 Å². The summed E-state index contributed by atoms with van der Waals surface area (Å²) in [5.74, 6) is 2.57. The zero-order valence-corrected chi connectivity index (χ0v) is 13.1. The molecule has 0 aromatic heterocycles. The van der Waals surface area contributed by atoms with Gasteiger partial charge in [0.05, 0.1) is 7.11 Å². The van der Waals surface area contributed by atoms with Gasteiger partial charge in [0.25, 0.3) is 0 Å². The lowest BCUT2D eigenvalue weighted by atomic mass is 9.56. The van der Waals surface area contributed by atoms with Crippen molar-refractivity contribution in [1.82, 2.24) is 0 Å². The summed E-state index contributed by atoms with van der Waals surface area (Å²) >= 11 is 0. The first-order chi connectivity index (χ1) is 10.1. The third kappa shape index (κ3) is 1.94. The lowest BCUT2D eigenvalue weighted by molar-refractivity contribution is 0.0597. The molecule has 1 aromatic carbocycles. The minimum atomic E-state index is -0.198. The van der Waals surface area contributed by atoms with Gasteiger partial charge in [0.15, 0.2) is 11.6 Å². The van der Waals surface area contributed by atoms with Crippen molar-refractivity contribution in [2.45, 2.75) is 57.8 Å². The third-order valence-electron chi connectivity index (χ3n) is 6.78. The molecule has 114 valence electrons. The van der Waals surface area contributed by atoms with Gasteiger partial charge in [-0.1, -0.05) is 13.3 Å². The van der Waals surface area contributed by atoms with Gasteiger partial charge >= 0.3 is 0 Å². The van der Waals surface area contributed by atoms with E-state index in [1.54, 1.807) is 13.2 Å². The monoisotopic (exact) mass is 288 g/mol. The number of benzene rings is 1. The summed E-state index contributed by atoms with van der Waals surface area (Å²) in [4.78, 5) is 0. The van der Waals surface area contributed by atoms with Gasteiger partial charge in [-0.3, -0.25) is 0 Å². The van der Waals surface area contributed by atoms with E-state index in [0.717, 1.165) is 18.3 Å². The van der Waals surface area contributed by atoms with Crippen LogP contribution in [0.5, 0.6) is 5.75 Å². The van der Waals surface area contributed by atoms with Gasteiger partial charge in [-0.15, -0.1) is 0 Å². The van der Waals surface area contributed by atoms with Crippen LogP contribution < -0.4 is 4.74 Å². The van der Waals surface area contributed by atoms with Crippen LogP contribution in [0.1, 0.15) is 62.5 Å². The number of fused-ring (bicyclic) bond motifs is 5. The predicted octanol–water partition coefficient (Wildman–Crippen LogP) is 5.08. The third-order valence-corrected chi connectivity index (χ3v) is 6.78. The van der Waals surface area contributed by atoms with E-state index in [1.165, 1.54) is 49.7 Å². The van der Waals surface area contributed by atoms with E-state index >= 15 is 0 Å². The van der Waals surface area contributed by atoms with Gasteiger partial charge in [0.2, 0.25) is 0 Å². The van der Waals surface area contributed by atoms with Gasteiger partial charge in [-0.2, -0.15) is 0 Å². The van der Waals surface area contributed by atoms with Crippen LogP contribution >= 0.6 is 0 Å². The molecular weight excluding hydrogens is 263 g/mol. The van der Waals surface area contributed by atoms with Gasteiger partial charge in [0, 0.05) is 0 Å². The van der Waals surface area contributed by atoms with Crippen LogP contribution in [0.15, 0.2) is 12.1 Å². The highest BCUT2D eigenvalue weighted by Gasteiger charge is 2.50. The average Bonchev–Trinajstić information content (AvgIpc) is 2.88. The number of rotatable bonds is 1. The fourth-order valence-corrected chi connectivity index (χ4v) is 5.72. The normalized spacial score (nSPS) is 37.6. The summed E-state index contributed by atoms with van der Waals surface area (Å²) in [5, 5.41) is 0. The number of methoxy groups -OCH3 is 1. The molecule has 1 aromatic rings. The van der Waals surface area contributed by atoms with E-state index in [2.05, 4.69) is 6.92 Å². The minimum absolute atomic E-state index is 0.198. The molecule has 2 saturated carbocycles. The zero-order chi connectivity index (χ0) is 14.6. The fourth-order valence-electron chi connectivity index (χ4n) is 5.72. The van der Waals surface area contributed by atoms with Crippen LogP contribution in [0.25, 0.3) is 0 Å². The molecule has 3 aliphatic rings. The Hall–Kier alpha value is -1.05. The fraction of sp³-hybridized carbons (Fsp3) is 0.684. The quantitative estimate of drug-likeness (QED) is 0.700. The number of hydrogen-bond acceptors (Lipinski definition) is 1. The Bertz CT molecular complexity index is 567. The van der Waals surface area contributed by atoms with Gasteiger partial charge in [-0.25, -0.2) is 4.39 Å². The van der Waals surface area contributed by atoms with Crippen molar-refractivity contribution in [2.75, 3.05) is 7.11 Å². The first-order valence-electron chi connectivity index (χ1n) is 8.49. The number of ether oxygens (including phenoxy) is 1. The molecule has 0 heterocycles. The molecule has 4 rings (SSSR count). The Balaban J connectivity index is 1.73. The van der Waals surface area contributed by atoms with Gasteiger partial charge in [0.1, 0.15) is 0 Å². The molecular formula is C19H25FO. The van der Waals surface area contributed by atoms with E-state index in [1.807, 2.05) is 6.07 Å². The lowest BCUT2D eigenvalue weighted by Gasteiger charge is -2.49. The second kappa shape index (κ2) is 4.72. The van der Waals surface area contributed by atoms with Crippen LogP contribution in [-0.4, -0.2) is 7.11 Å². The molecule has 0 amide bonds. The molecule has 0 aliphatic heterocycles. The summed E-state index contributed by atoms with van der Waals surface area (Å²) in [6.45, 7) is 2.52. The first kappa shape index (κ1) is 13.6. The van der Waals surface area contributed by atoms with Crippen LogP contribution in [-0.2, 0) is 6.42 Å². The lowest BCUT2D eigenvalue weighted by Crippen LogP contribution is -2.39. The average molecular weight is 288 g/mol. The summed E-state index contributed by atoms with van der Waals surface area (Å²) in [5.41, 5.74) is 3.21. The summed E-state index contributed by atoms with van der Waals surface area (Å²) in [6, 6.07) is 3.73. The number of aryl methyl sites for hydroxylation is 1. The molecule has 21 heavy (non-hydrogen) atoms. The van der Waals surface area contributed by atoms with E-state index in [0.29, 0.717) is 17.1 Å². The topological polar surface area (TPSA) is 9.23 Å². The van der Waals surface area contributed by atoms with Crippen LogP contribution in [0.4, 0.5) is 4.39 Å². The maximum Gasteiger partial charge on any atom is 0.165 e. The number of hydrogen-bond donors (Lipinski definition) is 0. The molecule has 0 radical (unpaired) electrons. The smallest absolute Gasteiger partial charge is 0.165 e. The SMILES string of the molecule is COc1cc2c(cc1F)CCC1C2CC[C@]2(C)CCCC12. The maximum absolute atomic E-state index is 14.0. The highest BCUT2D eigenvalue weighted by atomic mass is 19.1. The Morgan fingerprint density at radius 3 is 2.86 bits per heavy atom. The van der Waals surface area contributed by atoms with Crippen molar-refractivity contribution in [3.8, 4) is 5.75 Å². The van der Waals surface area contributed by atoms with Crippen molar-refractivity contribution in [3.63, 3.8) is 0 Å². The minimum Gasteiger partial charge on any atom is -0.494 e. The molecule has 0 bridgehead atoms. The molecule has 4 atom stereocenters. The second-order valence-corrected chi connectivity index (χ2v) is 7.69. The van der Waals surface area contributed by atoms with Crippen molar-refractivity contribution >= 4 is 0 Å². The predicted molar refractivity (Wildman–Crippen MR) is 82.2 cm³/mol. The summed E-state index contributed by atoms with van der Waals surface area (Å²) in [7, 11) is 1.57. The van der Waals surface area contributed by atoms with E-state index < -0.39 is 0 Å². The highest BCUT2D eigenvalue weighted by molar-refractivity contribution is 5.41. The Labute approximate surface area is 126 Å². The second-order valence-electron chi connectivity index (χ2n) is 7.69. The van der Waals surface area contributed by atoms with Gasteiger partial charge < -0.3 is 4.74 Å². The first-order valence-corrected chi connectivity index (χ1v) is 8.49. The molecule has 1 nitrogen and oxygen atoms in total. The molecule has 2 fully saturated rings. The van der Waals surface area contributed by atoms with Crippen LogP contribution in [0.3, 0.4) is 0 Å². The van der Waals surface area contributed by atoms with E-state index in [-0.39, 0.29) is 5.82 Å². The van der Waals surface area contributed by atoms with E-state index in [4.69, 9.17) is 4.74 Å². The van der Waals surface area contributed by atoms with Gasteiger partial charge in [-0.05, 0) is 85.0 Å². The molecule has 0 spiro atoms. The molecule has 3 aliphatic carbocycles. The van der Waals surface area contributed by atoms with Crippen molar-refractivity contribution < 1.29 is 9.13 Å². The molecule has 0 saturated heterocycles. The Morgan fingerprint density at radius 2 is 2.05 bits per heavy atom. The Kier molecular flexibility index (Phi) is 3.06. The summed E-state index contributed by atoms with van der Waals surface area (Å²) < 4.78 is 19.2. The van der Waals surface area contributed by atoms with Crippen LogP contribution in [0, 0.1) is 23.1 Å².